The van der Waals surface area contributed by atoms with Crippen LogP contribution in [0.5, 0.6) is 0 Å². The van der Waals surface area contributed by atoms with E-state index in [9.17, 15) is 22.8 Å². The molecule has 0 aliphatic heterocycles. The summed E-state index contributed by atoms with van der Waals surface area (Å²) in [5, 5.41) is 11.2. The Kier molecular flexibility index (Phi) is 5.28. The van der Waals surface area contributed by atoms with Crippen molar-refractivity contribution in [3.05, 3.63) is 29.6 Å². The van der Waals surface area contributed by atoms with Gasteiger partial charge in [-0.1, -0.05) is 13.8 Å². The maximum atomic E-state index is 12.5. The first-order valence-electron chi connectivity index (χ1n) is 6.17. The van der Waals surface area contributed by atoms with Gasteiger partial charge in [-0.15, -0.1) is 0 Å². The number of hydrogen-bond acceptors (Lipinski definition) is 3. The molecule has 1 atom stereocenters. The normalized spacial score (nSPS) is 13.0. The molecular formula is C13H15F3N2O3. The van der Waals surface area contributed by atoms with E-state index in [-0.39, 0.29) is 17.9 Å². The summed E-state index contributed by atoms with van der Waals surface area (Å²) < 4.78 is 37.6. The van der Waals surface area contributed by atoms with E-state index in [2.05, 4.69) is 10.3 Å². The van der Waals surface area contributed by atoms with Crippen LogP contribution in [0.25, 0.3) is 0 Å². The van der Waals surface area contributed by atoms with Crippen molar-refractivity contribution in [2.75, 3.05) is 0 Å². The van der Waals surface area contributed by atoms with Crippen molar-refractivity contribution in [1.82, 2.24) is 10.3 Å². The molecule has 0 unspecified atom stereocenters. The number of nitrogens with one attached hydrogen (secondary N) is 1. The van der Waals surface area contributed by atoms with Gasteiger partial charge in [0, 0.05) is 12.4 Å². The summed E-state index contributed by atoms with van der Waals surface area (Å²) in [4.78, 5) is 26.2. The number of rotatable bonds is 5. The Morgan fingerprint density at radius 2 is 1.95 bits per heavy atom. The average molecular weight is 304 g/mol. The highest BCUT2D eigenvalue weighted by molar-refractivity contribution is 5.96. The van der Waals surface area contributed by atoms with Crippen LogP contribution in [0.15, 0.2) is 18.5 Å². The van der Waals surface area contributed by atoms with Crippen molar-refractivity contribution in [2.24, 2.45) is 5.92 Å². The molecule has 0 saturated heterocycles. The summed E-state index contributed by atoms with van der Waals surface area (Å²) >= 11 is 0. The molecule has 0 radical (unpaired) electrons. The predicted molar refractivity (Wildman–Crippen MR) is 67.6 cm³/mol. The van der Waals surface area contributed by atoms with Gasteiger partial charge < -0.3 is 10.4 Å². The topological polar surface area (TPSA) is 79.3 Å². The quantitative estimate of drug-likeness (QED) is 0.875. The van der Waals surface area contributed by atoms with Gasteiger partial charge in [-0.3, -0.25) is 9.78 Å². The Balaban J connectivity index is 2.90. The van der Waals surface area contributed by atoms with Gasteiger partial charge >= 0.3 is 12.1 Å². The van der Waals surface area contributed by atoms with E-state index >= 15 is 0 Å². The number of aromatic nitrogens is 1. The van der Waals surface area contributed by atoms with Gasteiger partial charge in [-0.25, -0.2) is 4.79 Å². The first-order valence-corrected chi connectivity index (χ1v) is 6.17. The van der Waals surface area contributed by atoms with E-state index in [1.54, 1.807) is 13.8 Å². The van der Waals surface area contributed by atoms with Crippen molar-refractivity contribution < 1.29 is 27.9 Å². The lowest BCUT2D eigenvalue weighted by atomic mass is 10.0. The third kappa shape index (κ3) is 5.05. The molecule has 1 aromatic rings. The maximum Gasteiger partial charge on any atom is 0.417 e. The SMILES string of the molecule is CC(C)C[C@@H](NC(=O)c1cncc(C(F)(F)F)c1)C(=O)O. The lowest BCUT2D eigenvalue weighted by Gasteiger charge is -2.16. The standard InChI is InChI=1S/C13H15F3N2O3/c1-7(2)3-10(12(20)21)18-11(19)8-4-9(6-17-5-8)13(14,15)16/h4-7,10H,3H2,1-2H3,(H,18,19)(H,20,21)/t10-/m1/s1. The number of pyridine rings is 1. The summed E-state index contributed by atoms with van der Waals surface area (Å²) in [6.07, 6.45) is -2.89. The molecule has 1 amide bonds. The van der Waals surface area contributed by atoms with E-state index in [1.165, 1.54) is 0 Å². The number of carbonyl (C=O) groups excluding carboxylic acids is 1. The second-order valence-electron chi connectivity index (χ2n) is 4.95. The van der Waals surface area contributed by atoms with Gasteiger partial charge in [0.25, 0.3) is 5.91 Å². The molecule has 1 heterocycles. The smallest absolute Gasteiger partial charge is 0.417 e. The van der Waals surface area contributed by atoms with E-state index in [1.807, 2.05) is 0 Å². The fourth-order valence-corrected chi connectivity index (χ4v) is 1.65. The van der Waals surface area contributed by atoms with Crippen LogP contribution < -0.4 is 5.32 Å². The molecule has 116 valence electrons. The monoisotopic (exact) mass is 304 g/mol. The Morgan fingerprint density at radius 1 is 1.33 bits per heavy atom. The molecule has 0 spiro atoms. The van der Waals surface area contributed by atoms with Crippen LogP contribution in [0.2, 0.25) is 0 Å². The zero-order chi connectivity index (χ0) is 16.2. The number of carbonyl (C=O) groups is 2. The number of carboxylic acid groups (broad SMARTS) is 1. The molecule has 0 saturated carbocycles. The van der Waals surface area contributed by atoms with Gasteiger partial charge in [-0.2, -0.15) is 13.2 Å². The summed E-state index contributed by atoms with van der Waals surface area (Å²) in [5.41, 5.74) is -1.40. The Morgan fingerprint density at radius 3 is 2.43 bits per heavy atom. The van der Waals surface area contributed by atoms with Crippen LogP contribution in [0.4, 0.5) is 13.2 Å². The van der Waals surface area contributed by atoms with Crippen LogP contribution in [-0.2, 0) is 11.0 Å². The van der Waals surface area contributed by atoms with Crippen molar-refractivity contribution in [1.29, 1.82) is 0 Å². The molecule has 5 nitrogen and oxygen atoms in total. The molecular weight excluding hydrogens is 289 g/mol. The molecule has 8 heteroatoms. The van der Waals surface area contributed by atoms with Gasteiger partial charge in [0.15, 0.2) is 0 Å². The van der Waals surface area contributed by atoms with E-state index < -0.39 is 29.7 Å². The Hall–Kier alpha value is -2.12. The summed E-state index contributed by atoms with van der Waals surface area (Å²) in [6, 6.07) is -0.525. The van der Waals surface area contributed by atoms with Gasteiger partial charge in [0.05, 0.1) is 11.1 Å². The number of nitrogens with zero attached hydrogens (tertiary/aromatic N) is 1. The second-order valence-corrected chi connectivity index (χ2v) is 4.95. The number of amides is 1. The van der Waals surface area contributed by atoms with E-state index in [0.717, 1.165) is 6.20 Å². The minimum atomic E-state index is -4.62. The summed E-state index contributed by atoms with van der Waals surface area (Å²) in [6.45, 7) is 3.54. The highest BCUT2D eigenvalue weighted by atomic mass is 19.4. The number of carboxylic acids is 1. The van der Waals surface area contributed by atoms with Crippen molar-refractivity contribution in [3.8, 4) is 0 Å². The van der Waals surface area contributed by atoms with Crippen LogP contribution in [-0.4, -0.2) is 28.0 Å². The highest BCUT2D eigenvalue weighted by Crippen LogP contribution is 2.28. The first kappa shape index (κ1) is 16.9. The number of alkyl halides is 3. The van der Waals surface area contributed by atoms with Crippen LogP contribution in [0.3, 0.4) is 0 Å². The van der Waals surface area contributed by atoms with Gasteiger partial charge in [0.1, 0.15) is 6.04 Å². The Bertz CT molecular complexity index is 530. The lowest BCUT2D eigenvalue weighted by molar-refractivity contribution is -0.140. The summed E-state index contributed by atoms with van der Waals surface area (Å²) in [7, 11) is 0. The maximum absolute atomic E-state index is 12.5. The molecule has 0 aliphatic carbocycles. The Labute approximate surface area is 119 Å². The van der Waals surface area contributed by atoms with Crippen LogP contribution >= 0.6 is 0 Å². The fraction of sp³-hybridized carbons (Fsp3) is 0.462. The van der Waals surface area contributed by atoms with Gasteiger partial charge in [-0.05, 0) is 18.4 Å². The molecule has 0 fully saturated rings. The highest BCUT2D eigenvalue weighted by Gasteiger charge is 2.32. The number of halogens is 3. The minimum absolute atomic E-state index is 0.00559. The second kappa shape index (κ2) is 6.55. The predicted octanol–water partition coefficient (Wildman–Crippen LogP) is 2.33. The summed E-state index contributed by atoms with van der Waals surface area (Å²) in [5.74, 6) is -2.13. The zero-order valence-corrected chi connectivity index (χ0v) is 11.4. The van der Waals surface area contributed by atoms with E-state index in [4.69, 9.17) is 5.11 Å². The van der Waals surface area contributed by atoms with Crippen molar-refractivity contribution >= 4 is 11.9 Å². The van der Waals surface area contributed by atoms with Crippen LogP contribution in [0, 0.1) is 5.92 Å². The molecule has 0 bridgehead atoms. The molecule has 1 rings (SSSR count). The van der Waals surface area contributed by atoms with Crippen molar-refractivity contribution in [3.63, 3.8) is 0 Å². The van der Waals surface area contributed by atoms with E-state index in [0.29, 0.717) is 12.3 Å². The molecule has 2 N–H and O–H groups in total. The number of aliphatic carboxylic acids is 1. The molecule has 1 aromatic heterocycles. The molecule has 0 aliphatic rings. The lowest BCUT2D eigenvalue weighted by Crippen LogP contribution is -2.41. The third-order valence-electron chi connectivity index (χ3n) is 2.64. The zero-order valence-electron chi connectivity index (χ0n) is 11.4. The van der Waals surface area contributed by atoms with Crippen LogP contribution in [0.1, 0.15) is 36.2 Å². The first-order chi connectivity index (χ1) is 9.61. The average Bonchev–Trinajstić information content (AvgIpc) is 2.36. The van der Waals surface area contributed by atoms with Gasteiger partial charge in [0.2, 0.25) is 0 Å². The minimum Gasteiger partial charge on any atom is -0.480 e. The molecule has 0 aromatic carbocycles. The molecule has 21 heavy (non-hydrogen) atoms. The fourth-order valence-electron chi connectivity index (χ4n) is 1.65. The largest absolute Gasteiger partial charge is 0.480 e. The third-order valence-corrected chi connectivity index (χ3v) is 2.64. The van der Waals surface area contributed by atoms with Crippen molar-refractivity contribution in [2.45, 2.75) is 32.5 Å². The number of hydrogen-bond donors (Lipinski definition) is 2.